The van der Waals surface area contributed by atoms with Crippen LogP contribution in [0.25, 0.3) is 0 Å². The third kappa shape index (κ3) is 4.02. The molecule has 2 N–H and O–H groups in total. The second-order valence-electron chi connectivity index (χ2n) is 7.99. The fourth-order valence-corrected chi connectivity index (χ4v) is 6.67. The van der Waals surface area contributed by atoms with E-state index in [1.807, 2.05) is 6.92 Å². The Hall–Kier alpha value is -1.49. The second-order valence-corrected chi connectivity index (χ2v) is 10.9. The highest BCUT2D eigenvalue weighted by Crippen LogP contribution is 2.46. The first-order valence-electron chi connectivity index (χ1n) is 9.76. The number of sulfonamides is 1. The van der Waals surface area contributed by atoms with Gasteiger partial charge in [-0.1, -0.05) is 18.5 Å². The van der Waals surface area contributed by atoms with Gasteiger partial charge in [-0.25, -0.2) is 22.2 Å². The lowest BCUT2D eigenvalue weighted by molar-refractivity contribution is 0.161. The van der Waals surface area contributed by atoms with Crippen molar-refractivity contribution in [1.82, 2.24) is 9.88 Å². The number of fused-ring (bicyclic) bond motifs is 1. The molecule has 1 aromatic heterocycles. The largest absolute Gasteiger partial charge is 0.382 e. The molecule has 1 aromatic carbocycles. The van der Waals surface area contributed by atoms with Crippen LogP contribution in [0.1, 0.15) is 32.6 Å². The Morgan fingerprint density at radius 1 is 1.40 bits per heavy atom. The lowest BCUT2D eigenvalue weighted by atomic mass is 9.87. The Balaban J connectivity index is 1.53. The van der Waals surface area contributed by atoms with Crippen molar-refractivity contribution in [3.8, 4) is 0 Å². The molecule has 2 saturated heterocycles. The summed E-state index contributed by atoms with van der Waals surface area (Å²) in [6.45, 7) is 3.53. The van der Waals surface area contributed by atoms with Gasteiger partial charge >= 0.3 is 0 Å². The summed E-state index contributed by atoms with van der Waals surface area (Å²) in [5, 5.41) is 4.96. The zero-order chi connectivity index (χ0) is 21.6. The highest BCUT2D eigenvalue weighted by atomic mass is 35.5. The molecule has 30 heavy (non-hydrogen) atoms. The Bertz CT molecular complexity index is 1040. The molecule has 11 heteroatoms. The van der Waals surface area contributed by atoms with E-state index in [0.29, 0.717) is 25.9 Å². The third-order valence-electron chi connectivity index (χ3n) is 6.07. The van der Waals surface area contributed by atoms with E-state index >= 15 is 0 Å². The zero-order valence-corrected chi connectivity index (χ0v) is 18.8. The zero-order valence-electron chi connectivity index (χ0n) is 16.4. The van der Waals surface area contributed by atoms with Crippen molar-refractivity contribution >= 4 is 43.8 Å². The van der Waals surface area contributed by atoms with Crippen LogP contribution in [0.2, 0.25) is 5.02 Å². The van der Waals surface area contributed by atoms with E-state index in [1.165, 1.54) is 6.20 Å². The number of anilines is 2. The summed E-state index contributed by atoms with van der Waals surface area (Å²) in [5.74, 6) is -0.924. The van der Waals surface area contributed by atoms with Crippen LogP contribution in [-0.4, -0.2) is 49.1 Å². The average molecular weight is 477 g/mol. The average Bonchev–Trinajstić information content (AvgIpc) is 3.37. The molecule has 2 aromatic rings. The molecule has 0 aliphatic carbocycles. The van der Waals surface area contributed by atoms with Crippen LogP contribution in [0, 0.1) is 5.82 Å². The van der Waals surface area contributed by atoms with E-state index in [4.69, 9.17) is 11.6 Å². The molecule has 0 saturated carbocycles. The Kier molecular flexibility index (Phi) is 5.71. The second kappa shape index (κ2) is 7.89. The van der Waals surface area contributed by atoms with Crippen molar-refractivity contribution in [1.29, 1.82) is 0 Å². The van der Waals surface area contributed by atoms with Crippen molar-refractivity contribution in [2.75, 3.05) is 29.7 Å². The minimum absolute atomic E-state index is 0.0804. The summed E-state index contributed by atoms with van der Waals surface area (Å²) in [4.78, 5) is 5.46. The number of nitrogens with one attached hydrogen (secondary N) is 2. The maximum atomic E-state index is 15.0. The van der Waals surface area contributed by atoms with Crippen LogP contribution >= 0.6 is 22.9 Å². The summed E-state index contributed by atoms with van der Waals surface area (Å²) >= 11 is 7.36. The van der Waals surface area contributed by atoms with E-state index < -0.39 is 26.4 Å². The van der Waals surface area contributed by atoms with Crippen molar-refractivity contribution in [2.45, 2.75) is 48.7 Å². The van der Waals surface area contributed by atoms with Gasteiger partial charge in [-0.05, 0) is 37.9 Å². The van der Waals surface area contributed by atoms with Gasteiger partial charge in [-0.3, -0.25) is 9.62 Å². The molecule has 0 spiro atoms. The van der Waals surface area contributed by atoms with E-state index in [0.717, 1.165) is 42.9 Å². The summed E-state index contributed by atoms with van der Waals surface area (Å²) in [6.07, 6.45) is 4.17. The molecule has 4 rings (SSSR count). The SMILES string of the molecule is CCC1(F)CN2CCCC2(CNc2cc(F)c(S(=O)(=O)Nc3nccs3)cc2Cl)C1. The minimum atomic E-state index is -4.17. The summed E-state index contributed by atoms with van der Waals surface area (Å²) in [7, 11) is -4.17. The summed E-state index contributed by atoms with van der Waals surface area (Å²) < 4.78 is 56.9. The lowest BCUT2D eigenvalue weighted by Crippen LogP contribution is -2.44. The number of hydrogen-bond acceptors (Lipinski definition) is 6. The number of benzene rings is 1. The first-order chi connectivity index (χ1) is 14.2. The van der Waals surface area contributed by atoms with Crippen LogP contribution in [0.4, 0.5) is 19.6 Å². The molecule has 0 bridgehead atoms. The van der Waals surface area contributed by atoms with Gasteiger partial charge in [-0.15, -0.1) is 11.3 Å². The fraction of sp³-hybridized carbons (Fsp3) is 0.526. The van der Waals surface area contributed by atoms with Crippen molar-refractivity contribution in [2.24, 2.45) is 0 Å². The third-order valence-corrected chi connectivity index (χ3v) is 8.55. The van der Waals surface area contributed by atoms with Gasteiger partial charge in [0.05, 0.1) is 10.7 Å². The van der Waals surface area contributed by atoms with Crippen LogP contribution < -0.4 is 10.0 Å². The number of thiazole rings is 1. The molecule has 2 atom stereocenters. The van der Waals surface area contributed by atoms with E-state index in [9.17, 15) is 17.2 Å². The van der Waals surface area contributed by atoms with Gasteiger partial charge in [0.15, 0.2) is 5.13 Å². The first kappa shape index (κ1) is 21.7. The predicted molar refractivity (Wildman–Crippen MR) is 115 cm³/mol. The lowest BCUT2D eigenvalue weighted by Gasteiger charge is -2.32. The van der Waals surface area contributed by atoms with Gasteiger partial charge in [0.2, 0.25) is 0 Å². The molecule has 2 unspecified atom stereocenters. The highest BCUT2D eigenvalue weighted by Gasteiger charge is 2.54. The van der Waals surface area contributed by atoms with Gasteiger partial charge in [-0.2, -0.15) is 0 Å². The summed E-state index contributed by atoms with van der Waals surface area (Å²) in [6, 6.07) is 2.16. The number of rotatable bonds is 7. The van der Waals surface area contributed by atoms with E-state index in [1.54, 1.807) is 5.38 Å². The Labute approximate surface area is 183 Å². The van der Waals surface area contributed by atoms with Crippen LogP contribution in [-0.2, 0) is 10.0 Å². The fourth-order valence-electron chi connectivity index (χ4n) is 4.50. The van der Waals surface area contributed by atoms with E-state index in [-0.39, 0.29) is 21.4 Å². The number of aromatic nitrogens is 1. The van der Waals surface area contributed by atoms with Crippen molar-refractivity contribution in [3.63, 3.8) is 0 Å². The number of halogens is 3. The molecular formula is C19H23ClF2N4O2S2. The molecule has 2 aliphatic rings. The Morgan fingerprint density at radius 3 is 2.90 bits per heavy atom. The normalized spacial score (nSPS) is 26.7. The molecule has 2 aliphatic heterocycles. The maximum absolute atomic E-state index is 15.0. The minimum Gasteiger partial charge on any atom is -0.382 e. The first-order valence-corrected chi connectivity index (χ1v) is 12.5. The van der Waals surface area contributed by atoms with Crippen LogP contribution in [0.15, 0.2) is 28.6 Å². The van der Waals surface area contributed by atoms with Crippen molar-refractivity contribution < 1.29 is 17.2 Å². The standard InChI is InChI=1S/C19H23ClF2N4O2S2/c1-2-18(22)10-19(4-3-6-26(19)12-18)11-24-15-9-14(21)16(8-13(15)20)30(27,28)25-17-23-5-7-29-17/h5,7-9,24H,2-4,6,10-12H2,1H3,(H,23,25). The highest BCUT2D eigenvalue weighted by molar-refractivity contribution is 7.93. The number of alkyl halides is 1. The number of hydrogen-bond donors (Lipinski definition) is 2. The molecule has 0 amide bonds. The van der Waals surface area contributed by atoms with Crippen LogP contribution in [0.5, 0.6) is 0 Å². The predicted octanol–water partition coefficient (Wildman–Crippen LogP) is 4.50. The maximum Gasteiger partial charge on any atom is 0.266 e. The summed E-state index contributed by atoms with van der Waals surface area (Å²) in [5.41, 5.74) is -1.25. The Morgan fingerprint density at radius 2 is 2.20 bits per heavy atom. The molecule has 164 valence electrons. The molecule has 0 radical (unpaired) electrons. The quantitative estimate of drug-likeness (QED) is 0.615. The van der Waals surface area contributed by atoms with Gasteiger partial charge in [0, 0.05) is 36.6 Å². The molecule has 2 fully saturated rings. The van der Waals surface area contributed by atoms with Crippen molar-refractivity contribution in [3.05, 3.63) is 34.5 Å². The van der Waals surface area contributed by atoms with Gasteiger partial charge < -0.3 is 5.32 Å². The van der Waals surface area contributed by atoms with Gasteiger partial charge in [0.25, 0.3) is 10.0 Å². The molecular weight excluding hydrogens is 454 g/mol. The topological polar surface area (TPSA) is 74.3 Å². The van der Waals surface area contributed by atoms with Gasteiger partial charge in [0.1, 0.15) is 16.4 Å². The number of nitrogens with zero attached hydrogens (tertiary/aromatic N) is 2. The smallest absolute Gasteiger partial charge is 0.266 e. The molecule has 6 nitrogen and oxygen atoms in total. The van der Waals surface area contributed by atoms with E-state index in [2.05, 4.69) is 19.9 Å². The monoisotopic (exact) mass is 476 g/mol. The molecule has 3 heterocycles. The van der Waals surface area contributed by atoms with Crippen LogP contribution in [0.3, 0.4) is 0 Å².